The molecule has 1 aliphatic carbocycles. The molecule has 2 rings (SSSR count). The van der Waals surface area contributed by atoms with E-state index in [1.807, 2.05) is 11.6 Å². The topological polar surface area (TPSA) is 60.2 Å². The Morgan fingerprint density at radius 2 is 2.10 bits per heavy atom. The lowest BCUT2D eigenvalue weighted by molar-refractivity contribution is -0.139. The highest BCUT2D eigenvalue weighted by Gasteiger charge is 2.40. The number of aryl methyl sites for hydroxylation is 1. The van der Waals surface area contributed by atoms with Crippen molar-refractivity contribution in [3.05, 3.63) is 12.2 Å². The zero-order valence-corrected chi connectivity index (χ0v) is 12.7. The fourth-order valence-corrected chi connectivity index (χ4v) is 3.22. The minimum atomic E-state index is -0.498. The predicted octanol–water partition coefficient (Wildman–Crippen LogP) is 2.33. The maximum Gasteiger partial charge on any atom is 0.138 e. The van der Waals surface area contributed by atoms with Gasteiger partial charge in [-0.2, -0.15) is 5.10 Å². The summed E-state index contributed by atoms with van der Waals surface area (Å²) in [4.78, 5) is 4.30. The summed E-state index contributed by atoms with van der Waals surface area (Å²) >= 11 is 0. The summed E-state index contributed by atoms with van der Waals surface area (Å²) in [6.07, 6.45) is 8.04. The summed E-state index contributed by atoms with van der Waals surface area (Å²) in [7, 11) is 0. The zero-order valence-electron chi connectivity index (χ0n) is 12.7. The molecule has 1 heterocycles. The van der Waals surface area contributed by atoms with Gasteiger partial charge in [0.25, 0.3) is 0 Å². The third kappa shape index (κ3) is 3.38. The lowest BCUT2D eigenvalue weighted by atomic mass is 9.79. The average molecular weight is 281 g/mol. The molecule has 0 bridgehead atoms. The smallest absolute Gasteiger partial charge is 0.138 e. The predicted molar refractivity (Wildman–Crippen MR) is 77.5 cm³/mol. The van der Waals surface area contributed by atoms with E-state index in [2.05, 4.69) is 17.0 Å². The number of aliphatic hydroxyl groups excluding tert-OH is 1. The van der Waals surface area contributed by atoms with Gasteiger partial charge in [0.15, 0.2) is 0 Å². The molecule has 5 heteroatoms. The highest BCUT2D eigenvalue weighted by atomic mass is 16.5. The molecule has 1 saturated carbocycles. The van der Waals surface area contributed by atoms with E-state index >= 15 is 0 Å². The van der Waals surface area contributed by atoms with Crippen LogP contribution in [-0.4, -0.2) is 38.2 Å². The molecule has 114 valence electrons. The van der Waals surface area contributed by atoms with Crippen molar-refractivity contribution in [2.75, 3.05) is 6.61 Å². The summed E-state index contributed by atoms with van der Waals surface area (Å²) in [6, 6.07) is 0. The van der Waals surface area contributed by atoms with Crippen molar-refractivity contribution in [1.29, 1.82) is 0 Å². The van der Waals surface area contributed by atoms with Gasteiger partial charge in [-0.15, -0.1) is 0 Å². The molecular formula is C15H27N3O2. The summed E-state index contributed by atoms with van der Waals surface area (Å²) in [6.45, 7) is 5.62. The van der Waals surface area contributed by atoms with E-state index in [1.54, 1.807) is 6.33 Å². The second kappa shape index (κ2) is 7.18. The molecule has 0 aromatic carbocycles. The maximum atomic E-state index is 10.7. The molecule has 0 aliphatic heterocycles. The van der Waals surface area contributed by atoms with Gasteiger partial charge < -0.3 is 9.84 Å². The molecule has 1 N–H and O–H groups in total. The van der Waals surface area contributed by atoms with Crippen LogP contribution >= 0.6 is 0 Å². The number of aromatic nitrogens is 3. The van der Waals surface area contributed by atoms with Crippen molar-refractivity contribution in [2.45, 2.75) is 77.0 Å². The van der Waals surface area contributed by atoms with Gasteiger partial charge in [-0.1, -0.05) is 26.2 Å². The van der Waals surface area contributed by atoms with Crippen LogP contribution in [0.1, 0.15) is 58.2 Å². The van der Waals surface area contributed by atoms with Gasteiger partial charge >= 0.3 is 0 Å². The zero-order chi connectivity index (χ0) is 14.4. The van der Waals surface area contributed by atoms with Crippen LogP contribution in [0, 0.1) is 0 Å². The molecular weight excluding hydrogens is 254 g/mol. The average Bonchev–Trinajstić information content (AvgIpc) is 2.88. The van der Waals surface area contributed by atoms with Crippen LogP contribution in [0.5, 0.6) is 0 Å². The van der Waals surface area contributed by atoms with Gasteiger partial charge in [0.05, 0.1) is 11.7 Å². The first-order chi connectivity index (χ1) is 9.72. The van der Waals surface area contributed by atoms with Crippen LogP contribution < -0.4 is 0 Å². The second-order valence-corrected chi connectivity index (χ2v) is 5.68. The van der Waals surface area contributed by atoms with Crippen molar-refractivity contribution in [3.63, 3.8) is 0 Å². The van der Waals surface area contributed by atoms with Crippen LogP contribution in [0.2, 0.25) is 0 Å². The molecule has 1 aromatic heterocycles. The summed E-state index contributed by atoms with van der Waals surface area (Å²) in [5, 5.41) is 14.9. The molecule has 1 atom stereocenters. The normalized spacial score (nSPS) is 19.9. The number of ether oxygens (including phenoxy) is 1. The monoisotopic (exact) mass is 281 g/mol. The molecule has 1 fully saturated rings. The minimum Gasteiger partial charge on any atom is -0.390 e. The van der Waals surface area contributed by atoms with E-state index in [0.29, 0.717) is 13.0 Å². The van der Waals surface area contributed by atoms with Gasteiger partial charge in [-0.25, -0.2) is 4.98 Å². The molecule has 1 aliphatic rings. The first kappa shape index (κ1) is 15.4. The molecule has 0 amide bonds. The van der Waals surface area contributed by atoms with Gasteiger partial charge in [-0.3, -0.25) is 4.68 Å². The Morgan fingerprint density at radius 1 is 1.35 bits per heavy atom. The van der Waals surface area contributed by atoms with E-state index in [-0.39, 0.29) is 5.60 Å². The minimum absolute atomic E-state index is 0.379. The molecule has 0 spiro atoms. The van der Waals surface area contributed by atoms with E-state index in [0.717, 1.165) is 44.5 Å². The van der Waals surface area contributed by atoms with E-state index in [1.165, 1.54) is 6.42 Å². The Morgan fingerprint density at radius 3 is 2.75 bits per heavy atom. The Labute approximate surface area is 121 Å². The van der Waals surface area contributed by atoms with Crippen molar-refractivity contribution >= 4 is 0 Å². The largest absolute Gasteiger partial charge is 0.390 e. The van der Waals surface area contributed by atoms with E-state index in [4.69, 9.17) is 4.74 Å². The first-order valence-electron chi connectivity index (χ1n) is 7.90. The number of hydrogen-bond acceptors (Lipinski definition) is 4. The number of hydrogen-bond donors (Lipinski definition) is 1. The van der Waals surface area contributed by atoms with E-state index in [9.17, 15) is 5.11 Å². The number of nitrogens with zero attached hydrogens (tertiary/aromatic N) is 3. The lowest BCUT2D eigenvalue weighted by Gasteiger charge is -2.40. The van der Waals surface area contributed by atoms with Crippen molar-refractivity contribution in [2.24, 2.45) is 0 Å². The lowest BCUT2D eigenvalue weighted by Crippen LogP contribution is -2.48. The van der Waals surface area contributed by atoms with Crippen LogP contribution in [0.4, 0.5) is 0 Å². The fraction of sp³-hybridized carbons (Fsp3) is 0.867. The SMILES string of the molecule is CCCn1ncnc1CC(O)C1(OCC)CCCCC1. The third-order valence-electron chi connectivity index (χ3n) is 4.25. The Bertz CT molecular complexity index is 394. The van der Waals surface area contributed by atoms with Crippen molar-refractivity contribution in [3.8, 4) is 0 Å². The van der Waals surface area contributed by atoms with E-state index < -0.39 is 6.10 Å². The third-order valence-corrected chi connectivity index (χ3v) is 4.25. The second-order valence-electron chi connectivity index (χ2n) is 5.68. The van der Waals surface area contributed by atoms with Crippen LogP contribution in [0.25, 0.3) is 0 Å². The molecule has 0 radical (unpaired) electrons. The quantitative estimate of drug-likeness (QED) is 0.833. The van der Waals surface area contributed by atoms with Crippen molar-refractivity contribution < 1.29 is 9.84 Å². The molecule has 1 aromatic rings. The molecule has 1 unspecified atom stereocenters. The van der Waals surface area contributed by atoms with Gasteiger partial charge in [0, 0.05) is 19.6 Å². The first-order valence-corrected chi connectivity index (χ1v) is 7.90. The Kier molecular flexibility index (Phi) is 5.54. The number of aliphatic hydroxyl groups is 1. The highest BCUT2D eigenvalue weighted by molar-refractivity contribution is 4.98. The Hall–Kier alpha value is -0.940. The van der Waals surface area contributed by atoms with Gasteiger partial charge in [0.2, 0.25) is 0 Å². The highest BCUT2D eigenvalue weighted by Crippen LogP contribution is 2.35. The summed E-state index contributed by atoms with van der Waals surface area (Å²) in [5.74, 6) is 0.865. The van der Waals surface area contributed by atoms with Crippen LogP contribution in [-0.2, 0) is 17.7 Å². The number of rotatable bonds is 7. The maximum absolute atomic E-state index is 10.7. The van der Waals surface area contributed by atoms with Crippen LogP contribution in [0.3, 0.4) is 0 Å². The van der Waals surface area contributed by atoms with Gasteiger partial charge in [0.1, 0.15) is 12.2 Å². The standard InChI is InChI=1S/C15H27N3O2/c1-3-10-18-14(16-12-17-18)11-13(19)15(20-4-2)8-6-5-7-9-15/h12-13,19H,3-11H2,1-2H3. The molecule has 5 nitrogen and oxygen atoms in total. The molecule has 20 heavy (non-hydrogen) atoms. The summed E-state index contributed by atoms with van der Waals surface area (Å²) in [5.41, 5.74) is -0.379. The summed E-state index contributed by atoms with van der Waals surface area (Å²) < 4.78 is 7.87. The fourth-order valence-electron chi connectivity index (χ4n) is 3.22. The van der Waals surface area contributed by atoms with Crippen LogP contribution in [0.15, 0.2) is 6.33 Å². The van der Waals surface area contributed by atoms with Gasteiger partial charge in [-0.05, 0) is 26.2 Å². The Balaban J connectivity index is 2.07. The van der Waals surface area contributed by atoms with Crippen molar-refractivity contribution in [1.82, 2.24) is 14.8 Å². The molecule has 0 saturated heterocycles.